The van der Waals surface area contributed by atoms with Crippen LogP contribution in [0, 0.1) is 19.8 Å². The number of ether oxygens (including phenoxy) is 2. The van der Waals surface area contributed by atoms with Crippen LogP contribution in [-0.4, -0.2) is 44.1 Å². The molecule has 6 heterocycles. The summed E-state index contributed by atoms with van der Waals surface area (Å²) in [4.78, 5) is 22.2. The number of nitrogens with zero attached hydrogens (tertiary/aromatic N) is 4. The number of allylic oxidation sites excluding steroid dienone is 1. The van der Waals surface area contributed by atoms with Gasteiger partial charge in [-0.15, -0.1) is 45.3 Å². The molecule has 85 heavy (non-hydrogen) atoms. The van der Waals surface area contributed by atoms with E-state index < -0.39 is 0 Å². The van der Waals surface area contributed by atoms with Crippen molar-refractivity contribution < 1.29 is 9.47 Å². The van der Waals surface area contributed by atoms with E-state index in [1.807, 2.05) is 45.3 Å². The second kappa shape index (κ2) is 35.9. The van der Waals surface area contributed by atoms with Crippen LogP contribution in [0.1, 0.15) is 285 Å². The van der Waals surface area contributed by atoms with Crippen LogP contribution in [0.5, 0.6) is 0 Å². The summed E-state index contributed by atoms with van der Waals surface area (Å²) in [5.74, 6) is 0.400. The van der Waals surface area contributed by atoms with Crippen LogP contribution in [0.25, 0.3) is 68.0 Å². The van der Waals surface area contributed by atoms with Gasteiger partial charge in [0.1, 0.15) is 22.1 Å². The van der Waals surface area contributed by atoms with Gasteiger partial charge in [-0.3, -0.25) is 0 Å². The Balaban J connectivity index is 0.967. The monoisotopic (exact) mass is 1240 g/mol. The highest BCUT2D eigenvalue weighted by molar-refractivity contribution is 7.28. The molecule has 9 rings (SSSR count). The molecule has 7 aromatic rings. The largest absolute Gasteiger partial charge is 0.378 e. The van der Waals surface area contributed by atoms with Crippen molar-refractivity contribution in [3.8, 4) is 40.4 Å². The van der Waals surface area contributed by atoms with Crippen LogP contribution in [0.15, 0.2) is 42.5 Å². The number of rotatable bonds is 42. The van der Waals surface area contributed by atoms with E-state index in [1.165, 1.54) is 271 Å². The quantitative estimate of drug-likeness (QED) is 0.0355. The maximum atomic E-state index is 6.87. The summed E-state index contributed by atoms with van der Waals surface area (Å²) in [5.41, 5.74) is 12.7. The minimum absolute atomic E-state index is 0.237. The predicted octanol–water partition coefficient (Wildman–Crippen LogP) is 25.1. The summed E-state index contributed by atoms with van der Waals surface area (Å²) in [6.45, 7) is 15.5. The van der Waals surface area contributed by atoms with E-state index in [-0.39, 0.29) is 12.2 Å². The standard InChI is InChI=1S/C74H106N4O2S5/c1-7-11-15-19-23-25-27-29-33-37-45-79-56-48-55(49-57(51-56)80-46-38-34-30-28-26-24-20-16-12-8-2)50-58-59-47-54(6)82-73(59)74-60(58)52-66(84-74)63-43-44-65(83-63)68-70-69(67(64-42-41-53(5)81-64)71-72(68)78-85-77-71)75-61(39-35-31-21-17-13-9-3)62(76-70)40-36-32-22-18-14-10-4/h41-44,47,50,52,55-57H,7-40,45-46,48-49,51H2,1-6H3/b58-50-/t55?,56-,57?/m0/s1. The normalized spacial score (nSPS) is 16.5. The van der Waals surface area contributed by atoms with Gasteiger partial charge in [0, 0.05) is 64.7 Å². The lowest BCUT2D eigenvalue weighted by Crippen LogP contribution is -2.33. The zero-order valence-electron chi connectivity index (χ0n) is 53.5. The fraction of sp³-hybridized carbons (Fsp3) is 0.649. The van der Waals surface area contributed by atoms with Crippen LogP contribution in [-0.2, 0) is 22.3 Å². The molecule has 0 bridgehead atoms. The van der Waals surface area contributed by atoms with Gasteiger partial charge >= 0.3 is 0 Å². The summed E-state index contributed by atoms with van der Waals surface area (Å²) in [6, 6.07) is 14.2. The van der Waals surface area contributed by atoms with E-state index in [0.717, 1.165) is 91.4 Å². The lowest BCUT2D eigenvalue weighted by Gasteiger charge is -2.34. The SMILES string of the molecule is CCCCCCCCCCCCOC1CC(/C=C2/c3cc(C)sc3-c3sc(-c4ccc(-c5c6nsnc6c(-c6ccc(C)s6)c6nc(CCCCCCCC)c(CCCCCCCC)nc56)s4)cc32)C[C@H](OCCCCCCCCCCCC)C1. The smallest absolute Gasteiger partial charge is 0.116 e. The summed E-state index contributed by atoms with van der Waals surface area (Å²) >= 11 is 8.99. The maximum Gasteiger partial charge on any atom is 0.116 e. The molecule has 0 amide bonds. The fourth-order valence-corrected chi connectivity index (χ4v) is 18.4. The first-order chi connectivity index (χ1) is 41.9. The number of aromatic nitrogens is 4. The van der Waals surface area contributed by atoms with Gasteiger partial charge in [0.2, 0.25) is 0 Å². The first kappa shape index (κ1) is 66.3. The number of hydrogen-bond donors (Lipinski definition) is 0. The van der Waals surface area contributed by atoms with E-state index >= 15 is 0 Å². The van der Waals surface area contributed by atoms with Crippen molar-refractivity contribution in [1.29, 1.82) is 0 Å². The Labute approximate surface area is 534 Å². The van der Waals surface area contributed by atoms with E-state index in [0.29, 0.717) is 5.92 Å². The van der Waals surface area contributed by atoms with Gasteiger partial charge in [-0.25, -0.2) is 9.97 Å². The molecule has 1 aromatic carbocycles. The van der Waals surface area contributed by atoms with Gasteiger partial charge in [0.15, 0.2) is 0 Å². The lowest BCUT2D eigenvalue weighted by molar-refractivity contribution is -0.0563. The first-order valence-corrected chi connectivity index (χ1v) is 38.7. The van der Waals surface area contributed by atoms with Crippen LogP contribution >= 0.6 is 57.1 Å². The highest BCUT2D eigenvalue weighted by Gasteiger charge is 2.34. The Morgan fingerprint density at radius 3 is 1.32 bits per heavy atom. The molecule has 2 unspecified atom stereocenters. The molecule has 0 saturated heterocycles. The third-order valence-electron chi connectivity index (χ3n) is 18.2. The van der Waals surface area contributed by atoms with Gasteiger partial charge in [-0.2, -0.15) is 8.75 Å². The molecule has 3 atom stereocenters. The van der Waals surface area contributed by atoms with Crippen molar-refractivity contribution >= 4 is 84.7 Å². The summed E-state index contributed by atoms with van der Waals surface area (Å²) in [6.07, 6.45) is 50.4. The number of benzene rings is 1. The van der Waals surface area contributed by atoms with Gasteiger partial charge in [-0.05, 0) is 120 Å². The predicted molar refractivity (Wildman–Crippen MR) is 375 cm³/mol. The van der Waals surface area contributed by atoms with E-state index in [2.05, 4.69) is 84.0 Å². The Bertz CT molecular complexity index is 3070. The van der Waals surface area contributed by atoms with Crippen molar-refractivity contribution in [2.24, 2.45) is 5.92 Å². The Hall–Kier alpha value is -3.16. The Morgan fingerprint density at radius 1 is 0.412 bits per heavy atom. The molecule has 1 fully saturated rings. The van der Waals surface area contributed by atoms with E-state index in [1.54, 1.807) is 0 Å². The number of unbranched alkanes of at least 4 members (excludes halogenated alkanes) is 28. The third-order valence-corrected chi connectivity index (χ3v) is 23.4. The summed E-state index contributed by atoms with van der Waals surface area (Å²) in [5, 5.41) is 0. The van der Waals surface area contributed by atoms with E-state index in [4.69, 9.17) is 28.2 Å². The number of thiophene rings is 4. The first-order valence-electron chi connectivity index (χ1n) is 34.7. The van der Waals surface area contributed by atoms with Crippen LogP contribution in [0.4, 0.5) is 0 Å². The average molecular weight is 1240 g/mol. The number of fused-ring (bicyclic) bond motifs is 5. The van der Waals surface area contributed by atoms with Gasteiger partial charge in [-0.1, -0.05) is 214 Å². The third kappa shape index (κ3) is 18.9. The van der Waals surface area contributed by atoms with Gasteiger partial charge in [0.05, 0.1) is 45.1 Å². The molecule has 11 heteroatoms. The van der Waals surface area contributed by atoms with Gasteiger partial charge < -0.3 is 9.47 Å². The molecule has 0 spiro atoms. The second-order valence-corrected chi connectivity index (χ2v) is 30.7. The van der Waals surface area contributed by atoms with Crippen molar-refractivity contribution in [3.63, 3.8) is 0 Å². The van der Waals surface area contributed by atoms with Crippen molar-refractivity contribution in [3.05, 3.63) is 74.7 Å². The molecule has 0 radical (unpaired) electrons. The topological polar surface area (TPSA) is 70.0 Å². The van der Waals surface area contributed by atoms with Crippen molar-refractivity contribution in [2.75, 3.05) is 13.2 Å². The van der Waals surface area contributed by atoms with Crippen molar-refractivity contribution in [2.45, 2.75) is 291 Å². The minimum atomic E-state index is 0.237. The van der Waals surface area contributed by atoms with E-state index in [9.17, 15) is 0 Å². The van der Waals surface area contributed by atoms with Crippen LogP contribution in [0.2, 0.25) is 0 Å². The molecular weight excluding hydrogens is 1140 g/mol. The van der Waals surface area contributed by atoms with Gasteiger partial charge in [0.25, 0.3) is 0 Å². The number of hydrogen-bond acceptors (Lipinski definition) is 11. The minimum Gasteiger partial charge on any atom is -0.378 e. The Kier molecular flexibility index (Phi) is 28.0. The average Bonchev–Trinajstić information content (AvgIpc) is 1.90. The number of aryl methyl sites for hydroxylation is 4. The molecule has 2 aliphatic carbocycles. The lowest BCUT2D eigenvalue weighted by atomic mass is 9.83. The molecule has 1 saturated carbocycles. The van der Waals surface area contributed by atoms with Crippen molar-refractivity contribution in [1.82, 2.24) is 18.7 Å². The summed E-state index contributed by atoms with van der Waals surface area (Å²) < 4.78 is 24.0. The van der Waals surface area contributed by atoms with Crippen LogP contribution in [0.3, 0.4) is 0 Å². The molecule has 0 N–H and O–H groups in total. The molecule has 464 valence electrons. The summed E-state index contributed by atoms with van der Waals surface area (Å²) in [7, 11) is 0. The van der Waals surface area contributed by atoms with Crippen LogP contribution < -0.4 is 0 Å². The highest BCUT2D eigenvalue weighted by Crippen LogP contribution is 2.56. The Morgan fingerprint density at radius 2 is 0.835 bits per heavy atom. The second-order valence-electron chi connectivity index (χ2n) is 25.5. The molecule has 0 aliphatic heterocycles. The molecule has 6 nitrogen and oxygen atoms in total. The highest BCUT2D eigenvalue weighted by atomic mass is 32.1. The fourth-order valence-electron chi connectivity index (χ4n) is 13.4. The molecule has 2 aliphatic rings. The zero-order chi connectivity index (χ0) is 59.0. The molecular formula is C74H106N4O2S5. The maximum absolute atomic E-state index is 6.87. The molecule has 6 aromatic heterocycles. The zero-order valence-corrected chi connectivity index (χ0v) is 57.6.